The first-order valence-electron chi connectivity index (χ1n) is 9.77. The zero-order valence-electron chi connectivity index (χ0n) is 15.8. The number of amides is 1. The zero-order chi connectivity index (χ0) is 17.2. The van der Waals surface area contributed by atoms with Crippen molar-refractivity contribution in [1.82, 2.24) is 14.7 Å². The number of hydrogen-bond donors (Lipinski definition) is 0. The molecule has 2 heterocycles. The molecule has 2 aliphatic heterocycles. The van der Waals surface area contributed by atoms with Crippen LogP contribution in [0.5, 0.6) is 0 Å². The van der Waals surface area contributed by atoms with Crippen LogP contribution < -0.4 is 0 Å². The quantitative estimate of drug-likeness (QED) is 0.739. The number of ether oxygens (including phenoxy) is 1. The Morgan fingerprint density at radius 1 is 1.08 bits per heavy atom. The van der Waals surface area contributed by atoms with Gasteiger partial charge in [-0.15, -0.1) is 0 Å². The molecule has 2 saturated heterocycles. The Labute approximate surface area is 147 Å². The Morgan fingerprint density at radius 2 is 1.71 bits per heavy atom. The topological polar surface area (TPSA) is 36.0 Å². The van der Waals surface area contributed by atoms with Gasteiger partial charge in [-0.1, -0.05) is 0 Å². The van der Waals surface area contributed by atoms with E-state index in [2.05, 4.69) is 28.5 Å². The summed E-state index contributed by atoms with van der Waals surface area (Å²) in [7, 11) is 1.81. The number of methoxy groups -OCH3 is 1. The molecule has 5 heteroatoms. The van der Waals surface area contributed by atoms with E-state index in [1.165, 1.54) is 12.8 Å². The third kappa shape index (κ3) is 4.30. The van der Waals surface area contributed by atoms with Gasteiger partial charge in [0, 0.05) is 57.2 Å². The summed E-state index contributed by atoms with van der Waals surface area (Å²) in [6, 6.07) is 0.590. The van der Waals surface area contributed by atoms with E-state index in [-0.39, 0.29) is 5.92 Å². The Morgan fingerprint density at radius 3 is 2.21 bits per heavy atom. The number of likely N-dealkylation sites (tertiary alicyclic amines) is 1. The third-order valence-corrected chi connectivity index (χ3v) is 6.26. The van der Waals surface area contributed by atoms with Gasteiger partial charge in [-0.05, 0) is 52.6 Å². The summed E-state index contributed by atoms with van der Waals surface area (Å²) >= 11 is 0. The molecule has 0 atom stereocenters. The minimum absolute atomic E-state index is 0.254. The van der Waals surface area contributed by atoms with Crippen LogP contribution in [0.3, 0.4) is 0 Å². The minimum Gasteiger partial charge on any atom is -0.384 e. The standard InChI is InChI=1S/C19H35N3O2/c1-16(2)21-10-12-22(13-11-21)18(23)17-4-8-20(9-5-17)14-19(6-7-19)15-24-3/h16-17H,4-15H2,1-3H3. The lowest BCUT2D eigenvalue weighted by molar-refractivity contribution is -0.139. The zero-order valence-corrected chi connectivity index (χ0v) is 15.8. The molecular weight excluding hydrogens is 302 g/mol. The summed E-state index contributed by atoms with van der Waals surface area (Å²) in [6.45, 7) is 12.6. The third-order valence-electron chi connectivity index (χ3n) is 6.26. The van der Waals surface area contributed by atoms with E-state index in [0.29, 0.717) is 17.4 Å². The van der Waals surface area contributed by atoms with E-state index in [0.717, 1.165) is 65.3 Å². The Hall–Kier alpha value is -0.650. The number of piperazine rings is 1. The largest absolute Gasteiger partial charge is 0.384 e. The second kappa shape index (κ2) is 7.71. The Balaban J connectivity index is 1.41. The van der Waals surface area contributed by atoms with Gasteiger partial charge in [0.05, 0.1) is 6.61 Å². The van der Waals surface area contributed by atoms with Gasteiger partial charge < -0.3 is 14.5 Å². The fourth-order valence-electron chi connectivity index (χ4n) is 4.36. The van der Waals surface area contributed by atoms with Crippen molar-refractivity contribution in [1.29, 1.82) is 0 Å². The van der Waals surface area contributed by atoms with Crippen LogP contribution in [0.15, 0.2) is 0 Å². The highest BCUT2D eigenvalue weighted by molar-refractivity contribution is 5.79. The summed E-state index contributed by atoms with van der Waals surface area (Å²) in [4.78, 5) is 20.0. The first-order chi connectivity index (χ1) is 11.5. The Bertz CT molecular complexity index is 420. The van der Waals surface area contributed by atoms with Crippen LogP contribution in [0.1, 0.15) is 39.5 Å². The van der Waals surface area contributed by atoms with Crippen molar-refractivity contribution < 1.29 is 9.53 Å². The Kier molecular flexibility index (Phi) is 5.83. The van der Waals surface area contributed by atoms with Gasteiger partial charge in [-0.2, -0.15) is 0 Å². The fourth-order valence-corrected chi connectivity index (χ4v) is 4.36. The highest BCUT2D eigenvalue weighted by Gasteiger charge is 2.44. The summed E-state index contributed by atoms with van der Waals surface area (Å²) in [6.07, 6.45) is 4.68. The summed E-state index contributed by atoms with van der Waals surface area (Å²) in [5, 5.41) is 0. The number of carbonyl (C=O) groups excluding carboxylic acids is 1. The molecule has 5 nitrogen and oxygen atoms in total. The first kappa shape index (κ1) is 18.2. The maximum Gasteiger partial charge on any atom is 0.225 e. The van der Waals surface area contributed by atoms with Gasteiger partial charge in [0.25, 0.3) is 0 Å². The maximum absolute atomic E-state index is 12.8. The van der Waals surface area contributed by atoms with Crippen molar-refractivity contribution >= 4 is 5.91 Å². The highest BCUT2D eigenvalue weighted by Crippen LogP contribution is 2.46. The van der Waals surface area contributed by atoms with Gasteiger partial charge in [0.1, 0.15) is 0 Å². The SMILES string of the molecule is COCC1(CN2CCC(C(=O)N3CCN(C(C)C)CC3)CC2)CC1. The molecule has 0 spiro atoms. The lowest BCUT2D eigenvalue weighted by atomic mass is 9.94. The molecule has 1 saturated carbocycles. The summed E-state index contributed by atoms with van der Waals surface area (Å²) < 4.78 is 5.38. The van der Waals surface area contributed by atoms with Crippen molar-refractivity contribution in [3.8, 4) is 0 Å². The van der Waals surface area contributed by atoms with E-state index in [1.54, 1.807) is 0 Å². The molecule has 0 aromatic carbocycles. The normalized spacial score (nSPS) is 26.1. The molecule has 1 amide bonds. The van der Waals surface area contributed by atoms with Crippen molar-refractivity contribution in [2.45, 2.75) is 45.6 Å². The van der Waals surface area contributed by atoms with E-state index >= 15 is 0 Å². The van der Waals surface area contributed by atoms with Crippen LogP contribution in [0, 0.1) is 11.3 Å². The molecule has 0 N–H and O–H groups in total. The lowest BCUT2D eigenvalue weighted by Gasteiger charge is -2.40. The van der Waals surface area contributed by atoms with E-state index < -0.39 is 0 Å². The van der Waals surface area contributed by atoms with Crippen LogP contribution >= 0.6 is 0 Å². The van der Waals surface area contributed by atoms with Gasteiger partial charge in [-0.25, -0.2) is 0 Å². The minimum atomic E-state index is 0.254. The monoisotopic (exact) mass is 337 g/mol. The van der Waals surface area contributed by atoms with Crippen LogP contribution in [-0.2, 0) is 9.53 Å². The van der Waals surface area contributed by atoms with E-state index in [1.807, 2.05) is 7.11 Å². The lowest BCUT2D eigenvalue weighted by Crippen LogP contribution is -2.53. The van der Waals surface area contributed by atoms with E-state index in [4.69, 9.17) is 4.74 Å². The molecule has 0 aromatic rings. The molecule has 0 aromatic heterocycles. The average Bonchev–Trinajstić information content (AvgIpc) is 3.34. The molecule has 24 heavy (non-hydrogen) atoms. The molecule has 3 aliphatic rings. The molecule has 1 aliphatic carbocycles. The maximum atomic E-state index is 12.8. The highest BCUT2D eigenvalue weighted by atomic mass is 16.5. The average molecular weight is 338 g/mol. The van der Waals surface area contributed by atoms with Crippen LogP contribution in [-0.4, -0.2) is 86.2 Å². The van der Waals surface area contributed by atoms with E-state index in [9.17, 15) is 4.79 Å². The van der Waals surface area contributed by atoms with Crippen molar-refractivity contribution in [2.75, 3.05) is 59.5 Å². The molecule has 3 fully saturated rings. The fraction of sp³-hybridized carbons (Fsp3) is 0.947. The van der Waals surface area contributed by atoms with Crippen LogP contribution in [0.2, 0.25) is 0 Å². The molecule has 138 valence electrons. The predicted molar refractivity (Wildman–Crippen MR) is 96.0 cm³/mol. The van der Waals surface area contributed by atoms with Gasteiger partial charge in [-0.3, -0.25) is 9.69 Å². The van der Waals surface area contributed by atoms with Gasteiger partial charge in [0.2, 0.25) is 5.91 Å². The molecule has 0 bridgehead atoms. The van der Waals surface area contributed by atoms with Gasteiger partial charge >= 0.3 is 0 Å². The summed E-state index contributed by atoms with van der Waals surface area (Å²) in [5.41, 5.74) is 0.429. The first-order valence-corrected chi connectivity index (χ1v) is 9.77. The predicted octanol–water partition coefficient (Wildman–Crippen LogP) is 1.68. The number of piperidine rings is 1. The molecule has 3 rings (SSSR count). The van der Waals surface area contributed by atoms with Gasteiger partial charge in [0.15, 0.2) is 0 Å². The molecular formula is C19H35N3O2. The number of carbonyl (C=O) groups is 1. The van der Waals surface area contributed by atoms with Crippen molar-refractivity contribution in [2.24, 2.45) is 11.3 Å². The van der Waals surface area contributed by atoms with Crippen molar-refractivity contribution in [3.63, 3.8) is 0 Å². The molecule has 0 radical (unpaired) electrons. The second-order valence-corrected chi connectivity index (χ2v) is 8.44. The van der Waals surface area contributed by atoms with Crippen LogP contribution in [0.25, 0.3) is 0 Å². The smallest absolute Gasteiger partial charge is 0.225 e. The number of hydrogen-bond acceptors (Lipinski definition) is 4. The summed E-state index contributed by atoms with van der Waals surface area (Å²) in [5.74, 6) is 0.667. The number of rotatable bonds is 6. The van der Waals surface area contributed by atoms with Crippen LogP contribution in [0.4, 0.5) is 0 Å². The van der Waals surface area contributed by atoms with Crippen molar-refractivity contribution in [3.05, 3.63) is 0 Å². The molecule has 0 unspecified atom stereocenters. The second-order valence-electron chi connectivity index (χ2n) is 8.44. The number of nitrogens with zero attached hydrogens (tertiary/aromatic N) is 3.